The number of pyridine rings is 1. The van der Waals surface area contributed by atoms with E-state index in [1.807, 2.05) is 0 Å². The molecule has 3 heterocycles. The predicted molar refractivity (Wildman–Crippen MR) is 158 cm³/mol. The van der Waals surface area contributed by atoms with Crippen LogP contribution < -0.4 is 4.57 Å². The van der Waals surface area contributed by atoms with E-state index in [-0.39, 0.29) is 11.0 Å². The summed E-state index contributed by atoms with van der Waals surface area (Å²) < 4.78 is 5.30. The van der Waals surface area contributed by atoms with Gasteiger partial charge in [-0.15, -0.1) is 0 Å². The minimum Gasteiger partial charge on any atom is -0.224 e. The van der Waals surface area contributed by atoms with E-state index in [1.165, 1.54) is 67.3 Å². The van der Waals surface area contributed by atoms with E-state index in [1.54, 1.807) is 0 Å². The SMILES string of the molecule is CCC1(CC)CCc2cccc3c4cc(CC(C)(C)C)ccc4n4c(-c5c(C)cccc5C)c[n+]1c4c23. The molecule has 1 aliphatic rings. The number of benzene rings is 3. The molecule has 0 amide bonds. The minimum atomic E-state index is 0.117. The summed E-state index contributed by atoms with van der Waals surface area (Å²) in [5, 5.41) is 4.23. The normalized spacial score (nSPS) is 15.2. The average Bonchev–Trinajstić information content (AvgIpc) is 3.18. The van der Waals surface area contributed by atoms with Crippen molar-refractivity contribution in [2.75, 3.05) is 0 Å². The maximum Gasteiger partial charge on any atom is 0.295 e. The average molecular weight is 490 g/mol. The number of aromatic nitrogens is 2. The van der Waals surface area contributed by atoms with Crippen molar-refractivity contribution in [3.8, 4) is 11.3 Å². The zero-order valence-corrected chi connectivity index (χ0v) is 23.7. The van der Waals surface area contributed by atoms with Gasteiger partial charge >= 0.3 is 0 Å². The smallest absolute Gasteiger partial charge is 0.224 e. The molecule has 0 saturated carbocycles. The molecule has 1 aliphatic heterocycles. The molecule has 0 fully saturated rings. The van der Waals surface area contributed by atoms with Gasteiger partial charge in [0.2, 0.25) is 0 Å². The molecule has 190 valence electrons. The molecule has 5 aromatic rings. The second kappa shape index (κ2) is 8.45. The Balaban J connectivity index is 1.86. The summed E-state index contributed by atoms with van der Waals surface area (Å²) in [6.45, 7) is 16.3. The Labute approximate surface area is 222 Å². The molecule has 0 spiro atoms. The van der Waals surface area contributed by atoms with Gasteiger partial charge in [0.15, 0.2) is 5.69 Å². The number of nitrogens with zero attached hydrogens (tertiary/aromatic N) is 2. The fraction of sp³-hybridized carbons (Fsp3) is 0.400. The van der Waals surface area contributed by atoms with Gasteiger partial charge < -0.3 is 0 Å². The van der Waals surface area contributed by atoms with Crippen LogP contribution in [0, 0.1) is 19.3 Å². The molecule has 2 aromatic heterocycles. The van der Waals surface area contributed by atoms with Crippen LogP contribution in [0.1, 0.15) is 76.1 Å². The quantitative estimate of drug-likeness (QED) is 0.176. The van der Waals surface area contributed by atoms with Gasteiger partial charge in [0.25, 0.3) is 5.65 Å². The van der Waals surface area contributed by atoms with Gasteiger partial charge in [-0.3, -0.25) is 0 Å². The monoisotopic (exact) mass is 489 g/mol. The summed E-state index contributed by atoms with van der Waals surface area (Å²) in [7, 11) is 0. The zero-order valence-electron chi connectivity index (χ0n) is 23.7. The third-order valence-electron chi connectivity index (χ3n) is 9.06. The highest BCUT2D eigenvalue weighted by molar-refractivity contribution is 6.13. The second-order valence-corrected chi connectivity index (χ2v) is 12.7. The second-order valence-electron chi connectivity index (χ2n) is 12.7. The van der Waals surface area contributed by atoms with Crippen molar-refractivity contribution in [3.63, 3.8) is 0 Å². The van der Waals surface area contributed by atoms with E-state index >= 15 is 0 Å². The van der Waals surface area contributed by atoms with Crippen molar-refractivity contribution >= 4 is 27.3 Å². The summed E-state index contributed by atoms with van der Waals surface area (Å²) in [5.74, 6) is 0. The summed E-state index contributed by atoms with van der Waals surface area (Å²) >= 11 is 0. The van der Waals surface area contributed by atoms with E-state index < -0.39 is 0 Å². The summed E-state index contributed by atoms with van der Waals surface area (Å²) in [4.78, 5) is 0. The van der Waals surface area contributed by atoms with Crippen LogP contribution in [0.4, 0.5) is 0 Å². The molecule has 6 rings (SSSR count). The highest BCUT2D eigenvalue weighted by Gasteiger charge is 2.41. The minimum absolute atomic E-state index is 0.117. The van der Waals surface area contributed by atoms with Crippen LogP contribution in [-0.4, -0.2) is 4.40 Å². The Kier molecular flexibility index (Phi) is 5.53. The number of hydrogen-bond acceptors (Lipinski definition) is 0. The van der Waals surface area contributed by atoms with Gasteiger partial charge in [0, 0.05) is 16.3 Å². The van der Waals surface area contributed by atoms with E-state index in [2.05, 4.69) is 118 Å². The van der Waals surface area contributed by atoms with Crippen molar-refractivity contribution < 1.29 is 4.57 Å². The van der Waals surface area contributed by atoms with Crippen molar-refractivity contribution in [2.24, 2.45) is 5.41 Å². The van der Waals surface area contributed by atoms with Crippen molar-refractivity contribution in [1.29, 1.82) is 0 Å². The maximum absolute atomic E-state index is 2.69. The number of fused-ring (bicyclic) bond motifs is 3. The third-order valence-corrected chi connectivity index (χ3v) is 9.06. The van der Waals surface area contributed by atoms with Gasteiger partial charge in [-0.2, -0.15) is 4.40 Å². The van der Waals surface area contributed by atoms with Crippen molar-refractivity contribution in [3.05, 3.63) is 83.0 Å². The molecule has 0 aliphatic carbocycles. The molecule has 2 nitrogen and oxygen atoms in total. The summed E-state index contributed by atoms with van der Waals surface area (Å²) in [6, 6.07) is 21.0. The van der Waals surface area contributed by atoms with Crippen LogP contribution in [0.15, 0.2) is 60.8 Å². The van der Waals surface area contributed by atoms with E-state index in [0.29, 0.717) is 0 Å². The zero-order chi connectivity index (χ0) is 26.1. The lowest BCUT2D eigenvalue weighted by Gasteiger charge is -2.27. The lowest BCUT2D eigenvalue weighted by atomic mass is 9.86. The molecule has 0 saturated heterocycles. The van der Waals surface area contributed by atoms with E-state index in [0.717, 1.165) is 25.7 Å². The molecule has 2 heteroatoms. The van der Waals surface area contributed by atoms with Crippen LogP contribution in [-0.2, 0) is 18.4 Å². The van der Waals surface area contributed by atoms with Gasteiger partial charge in [-0.05, 0) is 85.8 Å². The number of aryl methyl sites for hydroxylation is 3. The van der Waals surface area contributed by atoms with Crippen molar-refractivity contribution in [2.45, 2.75) is 86.1 Å². The van der Waals surface area contributed by atoms with Crippen LogP contribution in [0.25, 0.3) is 38.6 Å². The van der Waals surface area contributed by atoms with Crippen LogP contribution in [0.2, 0.25) is 0 Å². The van der Waals surface area contributed by atoms with Crippen LogP contribution >= 0.6 is 0 Å². The summed E-state index contributed by atoms with van der Waals surface area (Å²) in [6.07, 6.45) is 8.16. The number of imidazole rings is 1. The first-order chi connectivity index (χ1) is 17.7. The first kappa shape index (κ1) is 24.2. The molecule has 0 bridgehead atoms. The Morgan fingerprint density at radius 3 is 2.27 bits per heavy atom. The Morgan fingerprint density at radius 2 is 1.59 bits per heavy atom. The van der Waals surface area contributed by atoms with Gasteiger partial charge in [0.1, 0.15) is 17.3 Å². The molecule has 0 radical (unpaired) electrons. The maximum atomic E-state index is 2.69. The first-order valence-electron chi connectivity index (χ1n) is 14.2. The summed E-state index contributed by atoms with van der Waals surface area (Å²) in [5.41, 5.74) is 11.4. The van der Waals surface area contributed by atoms with Crippen molar-refractivity contribution in [1.82, 2.24) is 4.40 Å². The lowest BCUT2D eigenvalue weighted by molar-refractivity contribution is -0.742. The Hall–Kier alpha value is -3.13. The Bertz CT molecular complexity index is 1650. The largest absolute Gasteiger partial charge is 0.295 e. The molecule has 0 atom stereocenters. The molecule has 37 heavy (non-hydrogen) atoms. The highest BCUT2D eigenvalue weighted by atomic mass is 15.2. The fourth-order valence-electron chi connectivity index (χ4n) is 7.14. The number of rotatable bonds is 4. The molecule has 0 unspecified atom stereocenters. The lowest BCUT2D eigenvalue weighted by Crippen LogP contribution is -2.54. The molecular weight excluding hydrogens is 448 g/mol. The van der Waals surface area contributed by atoms with Crippen LogP contribution in [0.5, 0.6) is 0 Å². The molecular formula is C35H41N2+. The standard InChI is InChI=1S/C35H41N2/c1-8-35(9-2)19-18-26-14-11-15-27-28-20-25(21-34(5,6)7)16-17-29(28)37-30(22-36(35)33(37)32(26)27)31-23(3)12-10-13-24(31)4/h10-17,20,22H,8-9,18-19,21H2,1-7H3/q+1. The van der Waals surface area contributed by atoms with E-state index in [9.17, 15) is 0 Å². The number of hydrogen-bond donors (Lipinski definition) is 0. The highest BCUT2D eigenvalue weighted by Crippen LogP contribution is 2.41. The van der Waals surface area contributed by atoms with Gasteiger partial charge in [-0.1, -0.05) is 77.1 Å². The van der Waals surface area contributed by atoms with E-state index in [4.69, 9.17) is 0 Å². The first-order valence-corrected chi connectivity index (χ1v) is 14.2. The fourth-order valence-corrected chi connectivity index (χ4v) is 7.14. The van der Waals surface area contributed by atoms with Crippen LogP contribution in [0.3, 0.4) is 0 Å². The topological polar surface area (TPSA) is 8.29 Å². The molecule has 3 aromatic carbocycles. The Morgan fingerprint density at radius 1 is 0.892 bits per heavy atom. The van der Waals surface area contributed by atoms with Gasteiger partial charge in [-0.25, -0.2) is 4.57 Å². The third kappa shape index (κ3) is 3.63. The van der Waals surface area contributed by atoms with Gasteiger partial charge in [0.05, 0.1) is 5.39 Å². The molecule has 0 N–H and O–H groups in total. The predicted octanol–water partition coefficient (Wildman–Crippen LogP) is 8.87.